The lowest BCUT2D eigenvalue weighted by atomic mass is 10.1. The zero-order chi connectivity index (χ0) is 33.5. The van der Waals surface area contributed by atoms with Crippen molar-refractivity contribution in [2.24, 2.45) is 0 Å². The quantitative estimate of drug-likeness (QED) is 0.165. The van der Waals surface area contributed by atoms with Crippen molar-refractivity contribution in [2.45, 2.75) is 13.8 Å². The van der Waals surface area contributed by atoms with Crippen LogP contribution < -0.4 is 5.10 Å². The number of aromatic hydroxyl groups is 2. The van der Waals surface area contributed by atoms with Crippen LogP contribution in [-0.2, 0) is 0 Å². The molecule has 0 fully saturated rings. The van der Waals surface area contributed by atoms with Crippen LogP contribution in [0.15, 0.2) is 103 Å². The van der Waals surface area contributed by atoms with E-state index in [1.54, 1.807) is 47.3 Å². The zero-order valence-electron chi connectivity index (χ0n) is 25.7. The van der Waals surface area contributed by atoms with Crippen LogP contribution in [0.5, 0.6) is 11.5 Å². The van der Waals surface area contributed by atoms with Crippen LogP contribution in [0.3, 0.4) is 0 Å². The van der Waals surface area contributed by atoms with Gasteiger partial charge in [0.15, 0.2) is 22.5 Å². The number of hydrogen-bond donors (Lipinski definition) is 5. The molecule has 4 heterocycles. The molecule has 0 aliphatic rings. The number of H-pyrrole nitrogens is 4. The van der Waals surface area contributed by atoms with Gasteiger partial charge in [0.25, 0.3) is 0 Å². The van der Waals surface area contributed by atoms with Gasteiger partial charge in [-0.05, 0) is 90.9 Å². The summed E-state index contributed by atoms with van der Waals surface area (Å²) in [6.45, 7) is 3.51. The second kappa shape index (κ2) is 13.9. The lowest BCUT2D eigenvalue weighted by Gasteiger charge is -1.99. The van der Waals surface area contributed by atoms with E-state index >= 15 is 0 Å². The maximum Gasteiger partial charge on any atom is 0.249 e. The largest absolute Gasteiger partial charge is 0.506 e. The predicted molar refractivity (Wildman–Crippen MR) is 177 cm³/mol. The van der Waals surface area contributed by atoms with E-state index in [1.165, 1.54) is 6.92 Å². The summed E-state index contributed by atoms with van der Waals surface area (Å²) in [6.07, 6.45) is 0. The van der Waals surface area contributed by atoms with Crippen LogP contribution in [-0.4, -0.2) is 72.1 Å². The van der Waals surface area contributed by atoms with Gasteiger partial charge in [-0.3, -0.25) is 4.79 Å². The van der Waals surface area contributed by atoms with Crippen molar-refractivity contribution >= 4 is 49.9 Å². The molecule has 0 spiro atoms. The molecule has 9 rings (SSSR count). The van der Waals surface area contributed by atoms with Crippen LogP contribution >= 0.6 is 0 Å². The molecule has 9 aromatic rings. The predicted octanol–water partition coefficient (Wildman–Crippen LogP) is 4.64. The van der Waals surface area contributed by atoms with Gasteiger partial charge in [-0.1, -0.05) is 36.4 Å². The lowest BCUT2D eigenvalue weighted by molar-refractivity contribution is -0.454. The van der Waals surface area contributed by atoms with Gasteiger partial charge in [0.05, 0.1) is 5.10 Å². The van der Waals surface area contributed by atoms with Gasteiger partial charge in [0.1, 0.15) is 39.1 Å². The molecule has 0 saturated carbocycles. The Labute approximate surface area is 271 Å². The first-order valence-corrected chi connectivity index (χ1v) is 14.6. The van der Waals surface area contributed by atoms with E-state index in [9.17, 15) is 9.90 Å². The summed E-state index contributed by atoms with van der Waals surface area (Å²) in [5, 5.41) is 57.0. The van der Waals surface area contributed by atoms with E-state index in [-0.39, 0.29) is 17.3 Å². The third kappa shape index (κ3) is 7.10. The SMILES string of the molecule is CC(=O)c1ccc2n[nH]nc2c1.Cc1ccc(O)c(-n2nc3ccccc3[nH+]2)c1.Oc1cccc2n[nH]nc12.c1ccc2n[nH]nc2c1. The topological polar surface area (TPSA) is 214 Å². The number of para-hydroxylation sites is 4. The second-order valence-corrected chi connectivity index (χ2v) is 10.4. The number of Topliss-reactive ketones (excluding diaryl/α,β-unsaturated/α-hetero) is 1. The first kappa shape index (κ1) is 31.0. The number of nitrogens with zero attached hydrogens (tertiary/aromatic N) is 8. The Balaban J connectivity index is 0.000000115. The third-order valence-corrected chi connectivity index (χ3v) is 6.97. The molecule has 4 aromatic heterocycles. The number of aromatic amines is 4. The van der Waals surface area contributed by atoms with Gasteiger partial charge < -0.3 is 10.2 Å². The third-order valence-electron chi connectivity index (χ3n) is 6.97. The average molecular weight is 642 g/mol. The van der Waals surface area contributed by atoms with Crippen LogP contribution in [0.1, 0.15) is 22.8 Å². The zero-order valence-corrected chi connectivity index (χ0v) is 25.7. The maximum absolute atomic E-state index is 11.0. The van der Waals surface area contributed by atoms with Crippen molar-refractivity contribution in [1.82, 2.24) is 56.1 Å². The number of phenols is 2. The molecule has 0 aliphatic carbocycles. The molecule has 15 nitrogen and oxygen atoms in total. The molecular formula is C33H29N12O3+. The first-order valence-electron chi connectivity index (χ1n) is 14.6. The molecule has 6 N–H and O–H groups in total. The van der Waals surface area contributed by atoms with E-state index in [4.69, 9.17) is 5.11 Å². The number of carbonyl (C=O) groups is 1. The van der Waals surface area contributed by atoms with Crippen LogP contribution in [0.2, 0.25) is 0 Å². The Bertz CT molecular complexity index is 2400. The van der Waals surface area contributed by atoms with Crippen molar-refractivity contribution in [3.63, 3.8) is 0 Å². The van der Waals surface area contributed by atoms with E-state index in [0.29, 0.717) is 22.3 Å². The summed E-state index contributed by atoms with van der Waals surface area (Å²) < 4.78 is 0. The van der Waals surface area contributed by atoms with Gasteiger partial charge >= 0.3 is 0 Å². The number of nitrogens with one attached hydrogen (secondary N) is 4. The minimum atomic E-state index is 0.0416. The molecule has 48 heavy (non-hydrogen) atoms. The Morgan fingerprint density at radius 3 is 1.92 bits per heavy atom. The molecule has 5 aromatic carbocycles. The molecule has 0 atom stereocenters. The Hall–Kier alpha value is -7.03. The molecular weight excluding hydrogens is 612 g/mol. The molecule has 0 bridgehead atoms. The van der Waals surface area contributed by atoms with Gasteiger partial charge in [0, 0.05) is 5.56 Å². The summed E-state index contributed by atoms with van der Waals surface area (Å²) in [5.41, 5.74) is 8.73. The Morgan fingerprint density at radius 1 is 0.625 bits per heavy atom. The van der Waals surface area contributed by atoms with Crippen molar-refractivity contribution in [2.75, 3.05) is 0 Å². The van der Waals surface area contributed by atoms with Gasteiger partial charge in [-0.25, -0.2) is 0 Å². The minimum Gasteiger partial charge on any atom is -0.506 e. The Morgan fingerprint density at radius 2 is 1.23 bits per heavy atom. The summed E-state index contributed by atoms with van der Waals surface area (Å²) in [5.74, 6) is 0.408. The van der Waals surface area contributed by atoms with Gasteiger partial charge in [-0.15, -0.1) is 0 Å². The molecule has 0 saturated heterocycles. The monoisotopic (exact) mass is 641 g/mol. The number of aryl methyl sites for hydroxylation is 1. The first-order chi connectivity index (χ1) is 23.4. The molecule has 238 valence electrons. The van der Waals surface area contributed by atoms with E-state index < -0.39 is 0 Å². The number of rotatable bonds is 2. The van der Waals surface area contributed by atoms with E-state index in [0.717, 1.165) is 38.7 Å². The summed E-state index contributed by atoms with van der Waals surface area (Å²) >= 11 is 0. The fraction of sp³-hybridized carbons (Fsp3) is 0.0606. The lowest BCUT2D eigenvalue weighted by Crippen LogP contribution is -2.17. The number of aromatic nitrogens is 12. The van der Waals surface area contributed by atoms with Gasteiger partial charge in [-0.2, -0.15) is 51.3 Å². The summed E-state index contributed by atoms with van der Waals surface area (Å²) in [6, 6.07) is 31.2. The number of hydrogen-bond acceptors (Lipinski definition) is 10. The number of phenolic OH excluding ortho intramolecular Hbond substituents is 2. The highest BCUT2D eigenvalue weighted by Crippen LogP contribution is 2.21. The van der Waals surface area contributed by atoms with E-state index in [1.807, 2.05) is 67.6 Å². The smallest absolute Gasteiger partial charge is 0.249 e. The molecule has 0 aliphatic heterocycles. The highest BCUT2D eigenvalue weighted by molar-refractivity contribution is 5.97. The highest BCUT2D eigenvalue weighted by atomic mass is 16.3. The fourth-order valence-electron chi connectivity index (χ4n) is 4.52. The average Bonchev–Trinajstić information content (AvgIpc) is 3.93. The van der Waals surface area contributed by atoms with Crippen molar-refractivity contribution in [3.8, 4) is 17.2 Å². The summed E-state index contributed by atoms with van der Waals surface area (Å²) in [7, 11) is 0. The molecule has 0 radical (unpaired) electrons. The fourth-order valence-corrected chi connectivity index (χ4v) is 4.52. The number of benzene rings is 5. The highest BCUT2D eigenvalue weighted by Gasteiger charge is 2.14. The standard InChI is InChI=1S/C13H11N3O.C8H7N3O.C6H5N3O.C6H5N3/c1-9-6-7-13(17)12(8-9)16-14-10-4-2-3-5-11(10)15-16;1-5(12)6-2-3-7-8(4-6)10-11-9-7;10-5-3-1-2-4-6(5)8-9-7-4;1-2-4-6-5(3-1)7-9-8-6/h2-8,17H,1H3;2-4H,1H3,(H,9,10,11);1-3,10H,(H,7,8,9);1-4H,(H,7,8,9)/p+1. The summed E-state index contributed by atoms with van der Waals surface area (Å²) in [4.78, 5) is 12.5. The second-order valence-electron chi connectivity index (χ2n) is 10.4. The molecule has 0 unspecified atom stereocenters. The normalized spacial score (nSPS) is 10.5. The number of ketones is 1. The van der Waals surface area contributed by atoms with Crippen LogP contribution in [0, 0.1) is 6.92 Å². The van der Waals surface area contributed by atoms with Crippen LogP contribution in [0.25, 0.3) is 49.8 Å². The van der Waals surface area contributed by atoms with Crippen molar-refractivity contribution in [3.05, 3.63) is 114 Å². The minimum absolute atomic E-state index is 0.0416. The van der Waals surface area contributed by atoms with Gasteiger partial charge in [0.2, 0.25) is 5.52 Å². The van der Waals surface area contributed by atoms with Crippen molar-refractivity contribution < 1.29 is 20.1 Å². The number of carbonyl (C=O) groups excluding carboxylic acids is 1. The Kier molecular flexibility index (Phi) is 9.00. The van der Waals surface area contributed by atoms with E-state index in [2.05, 4.69) is 56.4 Å². The number of fused-ring (bicyclic) bond motifs is 4. The van der Waals surface area contributed by atoms with Crippen molar-refractivity contribution in [1.29, 1.82) is 0 Å². The maximum atomic E-state index is 11.0. The molecule has 15 heteroatoms. The van der Waals surface area contributed by atoms with Crippen LogP contribution in [0.4, 0.5) is 0 Å². The molecule has 0 amide bonds.